The van der Waals surface area contributed by atoms with Crippen molar-refractivity contribution < 1.29 is 13.2 Å². The van der Waals surface area contributed by atoms with Crippen LogP contribution in [-0.4, -0.2) is 30.6 Å². The molecule has 0 saturated carbocycles. The summed E-state index contributed by atoms with van der Waals surface area (Å²) in [6.07, 6.45) is 0.355. The molecule has 112 valence electrons. The predicted molar refractivity (Wildman–Crippen MR) is 78.0 cm³/mol. The van der Waals surface area contributed by atoms with Crippen molar-refractivity contribution in [3.05, 3.63) is 35.9 Å². The van der Waals surface area contributed by atoms with Gasteiger partial charge in [0.1, 0.15) is 0 Å². The number of nitrogens with zero attached hydrogens (tertiary/aromatic N) is 2. The minimum absolute atomic E-state index is 0.0348. The van der Waals surface area contributed by atoms with Crippen LogP contribution < -0.4 is 16.2 Å². The summed E-state index contributed by atoms with van der Waals surface area (Å²) in [6.45, 7) is 0. The van der Waals surface area contributed by atoms with Gasteiger partial charge in [0.25, 0.3) is 10.0 Å². The van der Waals surface area contributed by atoms with E-state index in [4.69, 9.17) is 10.9 Å². The molecule has 0 radical (unpaired) electrons. The van der Waals surface area contributed by atoms with Crippen LogP contribution in [0.25, 0.3) is 0 Å². The average Bonchev–Trinajstić information content (AvgIpc) is 2.88. The van der Waals surface area contributed by atoms with Gasteiger partial charge in [-0.2, -0.15) is 0 Å². The van der Waals surface area contributed by atoms with E-state index in [1.165, 1.54) is 0 Å². The van der Waals surface area contributed by atoms with Gasteiger partial charge in [-0.15, -0.1) is 10.2 Å². The molecule has 0 aliphatic carbocycles. The maximum absolute atomic E-state index is 11.9. The van der Waals surface area contributed by atoms with E-state index in [9.17, 15) is 13.2 Å². The molecule has 0 unspecified atom stereocenters. The third-order valence-electron chi connectivity index (χ3n) is 2.52. The lowest BCUT2D eigenvalue weighted by molar-refractivity contribution is -0.117. The molecule has 0 aliphatic heterocycles. The molecule has 0 fully saturated rings. The minimum atomic E-state index is -3.92. The first-order chi connectivity index (χ1) is 9.86. The lowest BCUT2D eigenvalue weighted by Gasteiger charge is -2.10. The van der Waals surface area contributed by atoms with Crippen molar-refractivity contribution in [3.8, 4) is 0 Å². The first kappa shape index (κ1) is 15.5. The highest BCUT2D eigenvalue weighted by Gasteiger charge is 2.19. The standard InChI is InChI=1S/C11H13N5O3S2/c12-8(6-7-4-2-1-3-5-7)9(17)14-10-15-16-11(20-10)21(13,18)19/h1-5,8H,6,12H2,(H2,13,18,19)(H,14,15,17)/t8-/m0/s1. The van der Waals surface area contributed by atoms with Gasteiger partial charge in [0, 0.05) is 0 Å². The number of aromatic nitrogens is 2. The number of carbonyl (C=O) groups is 1. The Balaban J connectivity index is 1.99. The number of hydrogen-bond donors (Lipinski definition) is 3. The molecule has 0 aliphatic rings. The van der Waals surface area contributed by atoms with Crippen molar-refractivity contribution in [2.45, 2.75) is 16.8 Å². The van der Waals surface area contributed by atoms with Gasteiger partial charge in [0.15, 0.2) is 0 Å². The summed E-state index contributed by atoms with van der Waals surface area (Å²) in [6, 6.07) is 8.50. The first-order valence-electron chi connectivity index (χ1n) is 5.83. The number of anilines is 1. The van der Waals surface area contributed by atoms with E-state index in [1.807, 2.05) is 30.3 Å². The molecule has 1 aromatic heterocycles. The molecule has 21 heavy (non-hydrogen) atoms. The minimum Gasteiger partial charge on any atom is -0.320 e. The molecule has 8 nitrogen and oxygen atoms in total. The van der Waals surface area contributed by atoms with Crippen molar-refractivity contribution in [1.29, 1.82) is 0 Å². The van der Waals surface area contributed by atoms with Crippen molar-refractivity contribution in [2.75, 3.05) is 5.32 Å². The van der Waals surface area contributed by atoms with E-state index in [-0.39, 0.29) is 9.47 Å². The fourth-order valence-electron chi connectivity index (χ4n) is 1.53. The van der Waals surface area contributed by atoms with Crippen LogP contribution in [0, 0.1) is 0 Å². The molecule has 1 amide bonds. The number of primary sulfonamides is 1. The Labute approximate surface area is 125 Å². The van der Waals surface area contributed by atoms with Crippen LogP contribution in [0.3, 0.4) is 0 Å². The van der Waals surface area contributed by atoms with E-state index in [2.05, 4.69) is 15.5 Å². The SMILES string of the molecule is N[C@@H](Cc1ccccc1)C(=O)Nc1nnc(S(N)(=O)=O)s1. The van der Waals surface area contributed by atoms with Crippen molar-refractivity contribution in [3.63, 3.8) is 0 Å². The Morgan fingerprint density at radius 2 is 1.95 bits per heavy atom. The normalized spacial score (nSPS) is 12.9. The number of sulfonamides is 1. The van der Waals surface area contributed by atoms with Crippen LogP contribution in [0.15, 0.2) is 34.7 Å². The van der Waals surface area contributed by atoms with Crippen LogP contribution >= 0.6 is 11.3 Å². The lowest BCUT2D eigenvalue weighted by Crippen LogP contribution is -2.37. The molecule has 2 rings (SSSR count). The zero-order valence-electron chi connectivity index (χ0n) is 10.8. The fourth-order valence-corrected chi connectivity index (χ4v) is 2.87. The largest absolute Gasteiger partial charge is 0.320 e. The van der Waals surface area contributed by atoms with E-state index in [0.717, 1.165) is 5.56 Å². The first-order valence-corrected chi connectivity index (χ1v) is 8.19. The fraction of sp³-hybridized carbons (Fsp3) is 0.182. The number of hydrogen-bond acceptors (Lipinski definition) is 7. The number of amides is 1. The summed E-state index contributed by atoms with van der Waals surface area (Å²) in [7, 11) is -3.92. The molecule has 5 N–H and O–H groups in total. The molecule has 1 aromatic carbocycles. The van der Waals surface area contributed by atoms with Gasteiger partial charge in [0.05, 0.1) is 6.04 Å². The Hall–Kier alpha value is -1.88. The van der Waals surface area contributed by atoms with E-state index >= 15 is 0 Å². The number of nitrogens with two attached hydrogens (primary N) is 2. The molecule has 1 heterocycles. The average molecular weight is 327 g/mol. The highest BCUT2D eigenvalue weighted by Crippen LogP contribution is 2.18. The predicted octanol–water partition coefficient (Wildman–Crippen LogP) is -0.306. The molecule has 0 spiro atoms. The Morgan fingerprint density at radius 3 is 2.52 bits per heavy atom. The Morgan fingerprint density at radius 1 is 1.29 bits per heavy atom. The second kappa shape index (κ2) is 6.26. The van der Waals surface area contributed by atoms with E-state index in [1.54, 1.807) is 0 Å². The van der Waals surface area contributed by atoms with E-state index in [0.29, 0.717) is 17.8 Å². The topological polar surface area (TPSA) is 141 Å². The highest BCUT2D eigenvalue weighted by molar-refractivity contribution is 7.91. The van der Waals surface area contributed by atoms with Crippen LogP contribution in [0.5, 0.6) is 0 Å². The molecular formula is C11H13N5O3S2. The molecule has 1 atom stereocenters. The summed E-state index contributed by atoms with van der Waals surface area (Å²) in [5, 5.41) is 14.3. The Bertz CT molecular complexity index is 729. The van der Waals surface area contributed by atoms with Crippen LogP contribution in [0.1, 0.15) is 5.56 Å². The summed E-state index contributed by atoms with van der Waals surface area (Å²) in [4.78, 5) is 11.9. The van der Waals surface area contributed by atoms with E-state index < -0.39 is 22.0 Å². The van der Waals surface area contributed by atoms with Crippen LogP contribution in [0.4, 0.5) is 5.13 Å². The molecule has 10 heteroatoms. The molecule has 0 saturated heterocycles. The smallest absolute Gasteiger partial charge is 0.267 e. The maximum atomic E-state index is 11.9. The van der Waals surface area contributed by atoms with Gasteiger partial charge in [0.2, 0.25) is 15.4 Å². The van der Waals surface area contributed by atoms with Gasteiger partial charge < -0.3 is 5.73 Å². The molecular weight excluding hydrogens is 314 g/mol. The monoisotopic (exact) mass is 327 g/mol. The number of carbonyl (C=O) groups excluding carboxylic acids is 1. The molecule has 2 aromatic rings. The van der Waals surface area contributed by atoms with Gasteiger partial charge in [-0.25, -0.2) is 13.6 Å². The van der Waals surface area contributed by atoms with Crippen molar-refractivity contribution >= 4 is 32.4 Å². The second-order valence-corrected chi connectivity index (χ2v) is 6.92. The highest BCUT2D eigenvalue weighted by atomic mass is 32.2. The third kappa shape index (κ3) is 4.29. The summed E-state index contributed by atoms with van der Waals surface area (Å²) in [5.74, 6) is -0.476. The van der Waals surface area contributed by atoms with Gasteiger partial charge >= 0.3 is 0 Å². The van der Waals surface area contributed by atoms with Crippen molar-refractivity contribution in [2.24, 2.45) is 10.9 Å². The summed E-state index contributed by atoms with van der Waals surface area (Å²) >= 11 is 0.669. The number of nitrogens with one attached hydrogen (secondary N) is 1. The van der Waals surface area contributed by atoms with Gasteiger partial charge in [-0.1, -0.05) is 41.7 Å². The third-order valence-corrected chi connectivity index (χ3v) is 4.66. The van der Waals surface area contributed by atoms with Gasteiger partial charge in [-0.05, 0) is 12.0 Å². The quantitative estimate of drug-likeness (QED) is 0.643. The van der Waals surface area contributed by atoms with Gasteiger partial charge in [-0.3, -0.25) is 10.1 Å². The van der Waals surface area contributed by atoms with Crippen LogP contribution in [0.2, 0.25) is 0 Å². The second-order valence-electron chi connectivity index (χ2n) is 4.20. The molecule has 0 bridgehead atoms. The summed E-state index contributed by atoms with van der Waals surface area (Å²) < 4.78 is 21.7. The summed E-state index contributed by atoms with van der Waals surface area (Å²) in [5.41, 5.74) is 6.71. The lowest BCUT2D eigenvalue weighted by atomic mass is 10.1. The number of benzene rings is 1. The maximum Gasteiger partial charge on any atom is 0.267 e. The number of rotatable bonds is 5. The Kier molecular flexibility index (Phi) is 4.63. The van der Waals surface area contributed by atoms with Crippen molar-refractivity contribution in [1.82, 2.24) is 10.2 Å². The zero-order chi connectivity index (χ0) is 15.5. The van der Waals surface area contributed by atoms with Crippen LogP contribution in [-0.2, 0) is 21.2 Å². The zero-order valence-corrected chi connectivity index (χ0v) is 12.4.